The number of carbonyl (C=O) groups excluding carboxylic acids is 1. The van der Waals surface area contributed by atoms with Gasteiger partial charge in [0.2, 0.25) is 0 Å². The maximum atomic E-state index is 11.6. The van der Waals surface area contributed by atoms with Crippen LogP contribution in [0.2, 0.25) is 0 Å². The number of Topliss-reactive ketones (excluding diaryl/α,β-unsaturated/α-hetero) is 1. The van der Waals surface area contributed by atoms with Crippen LogP contribution in [0.25, 0.3) is 0 Å². The molecule has 0 aliphatic heterocycles. The lowest BCUT2D eigenvalue weighted by Crippen LogP contribution is -2.04. The highest BCUT2D eigenvalue weighted by molar-refractivity contribution is 5.80. The van der Waals surface area contributed by atoms with Gasteiger partial charge in [-0.3, -0.25) is 9.78 Å². The molecule has 0 atom stereocenters. The Labute approximate surface area is 91.7 Å². The van der Waals surface area contributed by atoms with Crippen molar-refractivity contribution in [1.29, 1.82) is 0 Å². The monoisotopic (exact) mass is 205 g/mol. The van der Waals surface area contributed by atoms with Crippen LogP contribution >= 0.6 is 0 Å². The van der Waals surface area contributed by atoms with Crippen molar-refractivity contribution >= 4 is 5.78 Å². The van der Waals surface area contributed by atoms with Crippen LogP contribution in [0, 0.1) is 6.92 Å². The maximum absolute atomic E-state index is 11.6. The molecular weight excluding hydrogens is 186 g/mol. The second kappa shape index (κ2) is 6.33. The lowest BCUT2D eigenvalue weighted by molar-refractivity contribution is -0.118. The second-order valence-corrected chi connectivity index (χ2v) is 3.94. The van der Waals surface area contributed by atoms with Crippen LogP contribution in [0.3, 0.4) is 0 Å². The first kappa shape index (κ1) is 11.9. The van der Waals surface area contributed by atoms with Gasteiger partial charge >= 0.3 is 0 Å². The van der Waals surface area contributed by atoms with Gasteiger partial charge in [-0.1, -0.05) is 25.8 Å². The topological polar surface area (TPSA) is 30.0 Å². The minimum Gasteiger partial charge on any atom is -0.299 e. The summed E-state index contributed by atoms with van der Waals surface area (Å²) < 4.78 is 0. The molecule has 0 aromatic carbocycles. The van der Waals surface area contributed by atoms with E-state index in [-0.39, 0.29) is 0 Å². The van der Waals surface area contributed by atoms with Gasteiger partial charge in [0.1, 0.15) is 5.78 Å². The molecule has 0 radical (unpaired) electrons. The van der Waals surface area contributed by atoms with Crippen molar-refractivity contribution in [2.45, 2.75) is 46.0 Å². The fourth-order valence-electron chi connectivity index (χ4n) is 1.56. The van der Waals surface area contributed by atoms with Gasteiger partial charge in [-0.2, -0.15) is 0 Å². The van der Waals surface area contributed by atoms with Gasteiger partial charge in [0.25, 0.3) is 0 Å². The molecule has 0 saturated heterocycles. The summed E-state index contributed by atoms with van der Waals surface area (Å²) in [6.45, 7) is 4.09. The van der Waals surface area contributed by atoms with E-state index in [0.29, 0.717) is 18.6 Å². The van der Waals surface area contributed by atoms with Crippen molar-refractivity contribution in [2.75, 3.05) is 0 Å². The number of hydrogen-bond donors (Lipinski definition) is 0. The molecule has 1 aromatic rings. The molecular formula is C13H19NO. The first-order chi connectivity index (χ1) is 7.22. The summed E-state index contributed by atoms with van der Waals surface area (Å²) in [6, 6.07) is 5.83. The molecule has 1 aromatic heterocycles. The molecule has 1 heterocycles. The number of aromatic nitrogens is 1. The van der Waals surface area contributed by atoms with E-state index in [1.54, 1.807) is 0 Å². The average molecular weight is 205 g/mol. The summed E-state index contributed by atoms with van der Waals surface area (Å²) in [5.41, 5.74) is 1.88. The van der Waals surface area contributed by atoms with Gasteiger partial charge in [-0.15, -0.1) is 0 Å². The lowest BCUT2D eigenvalue weighted by atomic mass is 10.1. The summed E-state index contributed by atoms with van der Waals surface area (Å²) in [6.07, 6.45) is 4.51. The Kier molecular flexibility index (Phi) is 5.02. The van der Waals surface area contributed by atoms with Crippen LogP contribution in [0.5, 0.6) is 0 Å². The zero-order chi connectivity index (χ0) is 11.1. The van der Waals surface area contributed by atoms with Crippen LogP contribution in [-0.4, -0.2) is 10.8 Å². The number of carbonyl (C=O) groups is 1. The van der Waals surface area contributed by atoms with Crippen LogP contribution in [0.4, 0.5) is 0 Å². The quantitative estimate of drug-likeness (QED) is 0.668. The molecule has 82 valence electrons. The van der Waals surface area contributed by atoms with Crippen molar-refractivity contribution in [3.05, 3.63) is 29.6 Å². The Morgan fingerprint density at radius 1 is 1.33 bits per heavy atom. The molecule has 2 nitrogen and oxygen atoms in total. The lowest BCUT2D eigenvalue weighted by Gasteiger charge is -2.01. The fraction of sp³-hybridized carbons (Fsp3) is 0.538. The molecule has 0 spiro atoms. The smallest absolute Gasteiger partial charge is 0.138 e. The molecule has 0 aliphatic rings. The summed E-state index contributed by atoms with van der Waals surface area (Å²) in [5, 5.41) is 0. The van der Waals surface area contributed by atoms with Crippen molar-refractivity contribution in [1.82, 2.24) is 4.98 Å². The number of rotatable bonds is 6. The third-order valence-electron chi connectivity index (χ3n) is 2.38. The van der Waals surface area contributed by atoms with E-state index in [2.05, 4.69) is 11.9 Å². The third kappa shape index (κ3) is 4.73. The zero-order valence-corrected chi connectivity index (χ0v) is 9.62. The van der Waals surface area contributed by atoms with E-state index in [1.165, 1.54) is 0 Å². The van der Waals surface area contributed by atoms with E-state index in [9.17, 15) is 4.79 Å². The predicted molar refractivity (Wildman–Crippen MR) is 61.8 cm³/mol. The van der Waals surface area contributed by atoms with Gasteiger partial charge in [0, 0.05) is 24.2 Å². The summed E-state index contributed by atoms with van der Waals surface area (Å²) >= 11 is 0. The van der Waals surface area contributed by atoms with E-state index in [1.807, 2.05) is 25.1 Å². The van der Waals surface area contributed by atoms with E-state index >= 15 is 0 Å². The minimum atomic E-state index is 0.307. The highest BCUT2D eigenvalue weighted by Gasteiger charge is 2.04. The van der Waals surface area contributed by atoms with Gasteiger partial charge in [-0.25, -0.2) is 0 Å². The van der Waals surface area contributed by atoms with Crippen LogP contribution in [-0.2, 0) is 11.2 Å². The number of unbranched alkanes of at least 4 members (excludes halogenated alkanes) is 2. The van der Waals surface area contributed by atoms with Gasteiger partial charge in [0.05, 0.1) is 0 Å². The Bertz CT molecular complexity index is 320. The predicted octanol–water partition coefficient (Wildman–Crippen LogP) is 3.08. The number of nitrogens with zero attached hydrogens (tertiary/aromatic N) is 1. The molecule has 0 amide bonds. The highest BCUT2D eigenvalue weighted by atomic mass is 16.1. The first-order valence-corrected chi connectivity index (χ1v) is 5.66. The van der Waals surface area contributed by atoms with Crippen molar-refractivity contribution in [3.63, 3.8) is 0 Å². The van der Waals surface area contributed by atoms with E-state index in [0.717, 1.165) is 30.7 Å². The summed E-state index contributed by atoms with van der Waals surface area (Å²) in [4.78, 5) is 15.9. The fourth-order valence-corrected chi connectivity index (χ4v) is 1.56. The van der Waals surface area contributed by atoms with Crippen LogP contribution in [0.1, 0.15) is 44.0 Å². The van der Waals surface area contributed by atoms with Gasteiger partial charge in [-0.05, 0) is 25.5 Å². The van der Waals surface area contributed by atoms with Crippen molar-refractivity contribution in [2.24, 2.45) is 0 Å². The normalized spacial score (nSPS) is 10.3. The summed E-state index contributed by atoms with van der Waals surface area (Å²) in [7, 11) is 0. The third-order valence-corrected chi connectivity index (χ3v) is 2.38. The molecule has 0 N–H and O–H groups in total. The Balaban J connectivity index is 2.37. The number of hydrogen-bond acceptors (Lipinski definition) is 2. The Morgan fingerprint density at radius 2 is 2.13 bits per heavy atom. The molecule has 0 saturated carbocycles. The van der Waals surface area contributed by atoms with Gasteiger partial charge in [0.15, 0.2) is 0 Å². The number of pyridine rings is 1. The number of ketones is 1. The van der Waals surface area contributed by atoms with E-state index < -0.39 is 0 Å². The molecule has 15 heavy (non-hydrogen) atoms. The first-order valence-electron chi connectivity index (χ1n) is 5.66. The van der Waals surface area contributed by atoms with Crippen LogP contribution < -0.4 is 0 Å². The molecule has 2 heteroatoms. The van der Waals surface area contributed by atoms with E-state index in [4.69, 9.17) is 0 Å². The molecule has 0 fully saturated rings. The molecule has 1 rings (SSSR count). The summed E-state index contributed by atoms with van der Waals surface area (Å²) in [5.74, 6) is 0.307. The molecule has 0 aliphatic carbocycles. The largest absolute Gasteiger partial charge is 0.299 e. The Hall–Kier alpha value is -1.18. The Morgan fingerprint density at radius 3 is 2.80 bits per heavy atom. The second-order valence-electron chi connectivity index (χ2n) is 3.94. The zero-order valence-electron chi connectivity index (χ0n) is 9.62. The van der Waals surface area contributed by atoms with Crippen molar-refractivity contribution in [3.8, 4) is 0 Å². The minimum absolute atomic E-state index is 0.307. The maximum Gasteiger partial charge on any atom is 0.138 e. The van der Waals surface area contributed by atoms with Crippen molar-refractivity contribution < 1.29 is 4.79 Å². The standard InChI is InChI=1S/C13H19NO/c1-3-4-5-9-13(15)10-12-8-6-7-11(2)14-12/h6-8H,3-5,9-10H2,1-2H3. The SMILES string of the molecule is CCCCCC(=O)Cc1cccc(C)n1. The average Bonchev–Trinajstić information content (AvgIpc) is 2.18. The van der Waals surface area contributed by atoms with Crippen LogP contribution in [0.15, 0.2) is 18.2 Å². The van der Waals surface area contributed by atoms with Gasteiger partial charge < -0.3 is 0 Å². The molecule has 0 unspecified atom stereocenters. The number of aryl methyl sites for hydroxylation is 1. The highest BCUT2D eigenvalue weighted by Crippen LogP contribution is 2.05. The molecule has 0 bridgehead atoms.